The summed E-state index contributed by atoms with van der Waals surface area (Å²) >= 11 is 0. The van der Waals surface area contributed by atoms with Gasteiger partial charge in [0.2, 0.25) is 0 Å². The normalized spacial score (nSPS) is 17.9. The van der Waals surface area contributed by atoms with Crippen LogP contribution in [-0.4, -0.2) is 84.4 Å². The second kappa shape index (κ2) is 11.7. The molecule has 0 spiro atoms. The van der Waals surface area contributed by atoms with Crippen molar-refractivity contribution >= 4 is 29.5 Å². The number of carbonyl (C=O) groups excluding carboxylic acids is 4. The first kappa shape index (κ1) is 25.2. The lowest BCUT2D eigenvalue weighted by Crippen LogP contribution is -2.52. The Kier molecular flexibility index (Phi) is 8.14. The molecule has 190 valence electrons. The third-order valence-corrected chi connectivity index (χ3v) is 6.42. The van der Waals surface area contributed by atoms with Gasteiger partial charge in [-0.1, -0.05) is 18.2 Å². The van der Waals surface area contributed by atoms with Gasteiger partial charge >= 0.3 is 12.0 Å². The molecule has 2 aromatic carbocycles. The molecule has 2 aliphatic heterocycles. The minimum Gasteiger partial charge on any atom is -0.455 e. The Morgan fingerprint density at radius 3 is 2.22 bits per heavy atom. The van der Waals surface area contributed by atoms with E-state index < -0.39 is 17.7 Å². The molecule has 2 aliphatic rings. The van der Waals surface area contributed by atoms with E-state index in [2.05, 4.69) is 5.32 Å². The lowest BCUT2D eigenvalue weighted by Gasteiger charge is -2.35. The molecule has 0 radical (unpaired) electrons. The summed E-state index contributed by atoms with van der Waals surface area (Å²) in [7, 11) is 0. The predicted octanol–water partition coefficient (Wildman–Crippen LogP) is 2.60. The average Bonchev–Trinajstić information content (AvgIpc) is 2.92. The number of urea groups is 1. The van der Waals surface area contributed by atoms with E-state index in [9.17, 15) is 23.6 Å². The van der Waals surface area contributed by atoms with Crippen molar-refractivity contribution in [3.8, 4) is 0 Å². The fraction of sp³-hybridized carbons (Fsp3) is 0.385. The molecule has 4 amide bonds. The van der Waals surface area contributed by atoms with Gasteiger partial charge in [-0.05, 0) is 49.2 Å². The number of piperidine rings is 1. The van der Waals surface area contributed by atoms with Crippen LogP contribution in [0.4, 0.5) is 14.9 Å². The van der Waals surface area contributed by atoms with Gasteiger partial charge in [0, 0.05) is 50.5 Å². The molecule has 4 rings (SSSR count). The topological polar surface area (TPSA) is 99.3 Å². The Balaban J connectivity index is 1.20. The van der Waals surface area contributed by atoms with Crippen molar-refractivity contribution in [3.05, 3.63) is 66.0 Å². The van der Waals surface area contributed by atoms with Crippen molar-refractivity contribution in [2.45, 2.75) is 12.8 Å². The number of carbonyl (C=O) groups is 4. The molecule has 1 atom stereocenters. The Bertz CT molecular complexity index is 1090. The summed E-state index contributed by atoms with van der Waals surface area (Å²) < 4.78 is 18.4. The molecule has 1 N–H and O–H groups in total. The Hall–Kier alpha value is -3.95. The van der Waals surface area contributed by atoms with Gasteiger partial charge in [-0.25, -0.2) is 9.18 Å². The molecule has 0 aromatic heterocycles. The quantitative estimate of drug-likeness (QED) is 0.642. The van der Waals surface area contributed by atoms with E-state index in [0.29, 0.717) is 56.8 Å². The van der Waals surface area contributed by atoms with Gasteiger partial charge < -0.3 is 24.8 Å². The number of amides is 4. The van der Waals surface area contributed by atoms with Crippen molar-refractivity contribution in [2.75, 3.05) is 51.2 Å². The number of anilines is 1. The van der Waals surface area contributed by atoms with Crippen LogP contribution in [0.1, 0.15) is 23.2 Å². The standard InChI is InChI=1S/C26H29FN4O5/c27-21-10-8-19(9-11-21)24(33)31-12-4-5-20(17-31)25(34)36-18-23(32)29-13-15-30(16-14-29)26(35)28-22-6-2-1-3-7-22/h1-3,6-11,20H,4-5,12-18H2,(H,28,35). The number of rotatable bonds is 5. The summed E-state index contributed by atoms with van der Waals surface area (Å²) in [5.41, 5.74) is 1.06. The van der Waals surface area contributed by atoms with Crippen LogP contribution in [0.2, 0.25) is 0 Å². The van der Waals surface area contributed by atoms with Crippen LogP contribution in [0, 0.1) is 11.7 Å². The summed E-state index contributed by atoms with van der Waals surface area (Å²) in [6.45, 7) is 1.77. The molecule has 2 fully saturated rings. The molecule has 2 saturated heterocycles. The average molecular weight is 497 g/mol. The molecule has 9 nitrogen and oxygen atoms in total. The maximum absolute atomic E-state index is 13.1. The molecular formula is C26H29FN4O5. The summed E-state index contributed by atoms with van der Waals surface area (Å²) in [6.07, 6.45) is 1.20. The minimum atomic E-state index is -0.519. The van der Waals surface area contributed by atoms with Crippen molar-refractivity contribution in [1.82, 2.24) is 14.7 Å². The van der Waals surface area contributed by atoms with Crippen LogP contribution < -0.4 is 5.32 Å². The van der Waals surface area contributed by atoms with Crippen LogP contribution >= 0.6 is 0 Å². The first-order valence-corrected chi connectivity index (χ1v) is 12.0. The molecule has 1 unspecified atom stereocenters. The third-order valence-electron chi connectivity index (χ3n) is 6.42. The van der Waals surface area contributed by atoms with Crippen LogP contribution in [0.5, 0.6) is 0 Å². The van der Waals surface area contributed by atoms with Crippen LogP contribution in [-0.2, 0) is 14.3 Å². The number of hydrogen-bond donors (Lipinski definition) is 1. The number of hydrogen-bond acceptors (Lipinski definition) is 5. The van der Waals surface area contributed by atoms with Crippen molar-refractivity contribution in [2.24, 2.45) is 5.92 Å². The molecule has 0 bridgehead atoms. The zero-order valence-corrected chi connectivity index (χ0v) is 19.9. The number of nitrogens with one attached hydrogen (secondary N) is 1. The van der Waals surface area contributed by atoms with Crippen LogP contribution in [0.15, 0.2) is 54.6 Å². The summed E-state index contributed by atoms with van der Waals surface area (Å²) in [4.78, 5) is 55.0. The van der Waals surface area contributed by atoms with E-state index in [0.717, 1.165) is 0 Å². The smallest absolute Gasteiger partial charge is 0.321 e. The fourth-order valence-corrected chi connectivity index (χ4v) is 4.35. The van der Waals surface area contributed by atoms with E-state index >= 15 is 0 Å². The van der Waals surface area contributed by atoms with Crippen molar-refractivity contribution in [3.63, 3.8) is 0 Å². The summed E-state index contributed by atoms with van der Waals surface area (Å²) in [5.74, 6) is -2.04. The third kappa shape index (κ3) is 6.38. The number of esters is 1. The molecular weight excluding hydrogens is 467 g/mol. The second-order valence-electron chi connectivity index (χ2n) is 8.87. The Morgan fingerprint density at radius 1 is 0.861 bits per heavy atom. The number of piperazine rings is 1. The maximum atomic E-state index is 13.1. The van der Waals surface area contributed by atoms with Gasteiger partial charge in [0.1, 0.15) is 5.82 Å². The zero-order valence-electron chi connectivity index (χ0n) is 19.9. The highest BCUT2D eigenvalue weighted by Gasteiger charge is 2.31. The molecule has 10 heteroatoms. The lowest BCUT2D eigenvalue weighted by molar-refractivity contribution is -0.157. The first-order valence-electron chi connectivity index (χ1n) is 12.0. The largest absolute Gasteiger partial charge is 0.455 e. The summed E-state index contributed by atoms with van der Waals surface area (Å²) in [5, 5.41) is 2.83. The monoisotopic (exact) mass is 496 g/mol. The van der Waals surface area contributed by atoms with Crippen molar-refractivity contribution < 1.29 is 28.3 Å². The molecule has 0 aliphatic carbocycles. The number of likely N-dealkylation sites (tertiary alicyclic amines) is 1. The fourth-order valence-electron chi connectivity index (χ4n) is 4.35. The van der Waals surface area contributed by atoms with E-state index in [1.165, 1.54) is 24.3 Å². The maximum Gasteiger partial charge on any atom is 0.321 e. The zero-order chi connectivity index (χ0) is 25.5. The lowest BCUT2D eigenvalue weighted by atomic mass is 9.97. The van der Waals surface area contributed by atoms with Gasteiger partial charge in [-0.15, -0.1) is 0 Å². The predicted molar refractivity (Wildman–Crippen MR) is 130 cm³/mol. The highest BCUT2D eigenvalue weighted by atomic mass is 19.1. The van der Waals surface area contributed by atoms with Gasteiger partial charge in [-0.3, -0.25) is 14.4 Å². The van der Waals surface area contributed by atoms with Crippen LogP contribution in [0.25, 0.3) is 0 Å². The SMILES string of the molecule is O=C(OCC(=O)N1CCN(C(=O)Nc2ccccc2)CC1)C1CCCN(C(=O)c2ccc(F)cc2)C1. The number of benzene rings is 2. The highest BCUT2D eigenvalue weighted by molar-refractivity contribution is 5.94. The molecule has 0 saturated carbocycles. The van der Waals surface area contributed by atoms with Gasteiger partial charge in [0.05, 0.1) is 5.92 Å². The van der Waals surface area contributed by atoms with Crippen molar-refractivity contribution in [1.29, 1.82) is 0 Å². The minimum absolute atomic E-state index is 0.193. The van der Waals surface area contributed by atoms with Gasteiger partial charge in [0.15, 0.2) is 6.61 Å². The summed E-state index contributed by atoms with van der Waals surface area (Å²) in [6, 6.07) is 14.2. The van der Waals surface area contributed by atoms with Crippen LogP contribution in [0.3, 0.4) is 0 Å². The van der Waals surface area contributed by atoms with Gasteiger partial charge in [-0.2, -0.15) is 0 Å². The van der Waals surface area contributed by atoms with E-state index in [1.54, 1.807) is 26.8 Å². The number of halogens is 1. The Labute approximate surface area is 208 Å². The van der Waals surface area contributed by atoms with Gasteiger partial charge in [0.25, 0.3) is 11.8 Å². The number of nitrogens with zero attached hydrogens (tertiary/aromatic N) is 3. The second-order valence-corrected chi connectivity index (χ2v) is 8.87. The first-order chi connectivity index (χ1) is 17.4. The van der Waals surface area contributed by atoms with E-state index in [4.69, 9.17) is 4.74 Å². The molecule has 2 aromatic rings. The molecule has 36 heavy (non-hydrogen) atoms. The van der Waals surface area contributed by atoms with E-state index in [1.807, 2.05) is 18.2 Å². The number of para-hydroxylation sites is 1. The highest BCUT2D eigenvalue weighted by Crippen LogP contribution is 2.20. The number of ether oxygens (including phenoxy) is 1. The Morgan fingerprint density at radius 2 is 1.53 bits per heavy atom. The van der Waals surface area contributed by atoms with E-state index in [-0.39, 0.29) is 31.0 Å². The molecule has 2 heterocycles.